The van der Waals surface area contributed by atoms with Gasteiger partial charge in [0.25, 0.3) is 5.91 Å². The van der Waals surface area contributed by atoms with E-state index in [1.54, 1.807) is 0 Å². The summed E-state index contributed by atoms with van der Waals surface area (Å²) in [6.45, 7) is 3.83. The molecule has 0 saturated carbocycles. The topological polar surface area (TPSA) is 57.8 Å². The van der Waals surface area contributed by atoms with Crippen LogP contribution in [0.3, 0.4) is 0 Å². The van der Waals surface area contributed by atoms with Crippen LogP contribution in [0.25, 0.3) is 11.0 Å². The van der Waals surface area contributed by atoms with Gasteiger partial charge < -0.3 is 10.3 Å². The molecule has 2 N–H and O–H groups in total. The van der Waals surface area contributed by atoms with E-state index in [1.165, 1.54) is 0 Å². The Bertz CT molecular complexity index is 454. The Labute approximate surface area is 87.7 Å². The highest BCUT2D eigenvalue weighted by Crippen LogP contribution is 2.09. The second-order valence-electron chi connectivity index (χ2n) is 3.73. The van der Waals surface area contributed by atoms with Crippen molar-refractivity contribution < 1.29 is 4.79 Å². The number of H-pyrrole nitrogens is 1. The third-order valence-corrected chi connectivity index (χ3v) is 2.02. The van der Waals surface area contributed by atoms with Crippen molar-refractivity contribution >= 4 is 16.9 Å². The zero-order valence-corrected chi connectivity index (χ0v) is 8.74. The van der Waals surface area contributed by atoms with Crippen LogP contribution < -0.4 is 5.32 Å². The summed E-state index contributed by atoms with van der Waals surface area (Å²) >= 11 is 0. The fraction of sp³-hybridized carbons (Fsp3) is 0.273. The average Bonchev–Trinajstić information content (AvgIpc) is 2.59. The molecule has 0 unspecified atom stereocenters. The van der Waals surface area contributed by atoms with Gasteiger partial charge in [0.15, 0.2) is 5.82 Å². The SMILES string of the molecule is CC(C)NC(=O)c1nc2ccccc2[nH]1. The fourth-order valence-corrected chi connectivity index (χ4v) is 1.39. The first-order valence-electron chi connectivity index (χ1n) is 4.92. The Morgan fingerprint density at radius 3 is 2.80 bits per heavy atom. The van der Waals surface area contributed by atoms with E-state index in [2.05, 4.69) is 15.3 Å². The van der Waals surface area contributed by atoms with Crippen molar-refractivity contribution in [1.29, 1.82) is 0 Å². The van der Waals surface area contributed by atoms with E-state index in [0.717, 1.165) is 11.0 Å². The first-order valence-corrected chi connectivity index (χ1v) is 4.92. The van der Waals surface area contributed by atoms with Gasteiger partial charge in [-0.15, -0.1) is 0 Å². The highest BCUT2D eigenvalue weighted by Gasteiger charge is 2.11. The molecule has 2 aromatic rings. The number of imidazole rings is 1. The molecule has 0 fully saturated rings. The van der Waals surface area contributed by atoms with Gasteiger partial charge >= 0.3 is 0 Å². The minimum absolute atomic E-state index is 0.116. The number of amides is 1. The number of nitrogens with one attached hydrogen (secondary N) is 2. The number of carbonyl (C=O) groups excluding carboxylic acids is 1. The molecular formula is C11H13N3O. The van der Waals surface area contributed by atoms with Gasteiger partial charge in [0, 0.05) is 6.04 Å². The number of nitrogens with zero attached hydrogens (tertiary/aromatic N) is 1. The van der Waals surface area contributed by atoms with Gasteiger partial charge in [-0.3, -0.25) is 4.79 Å². The van der Waals surface area contributed by atoms with Crippen molar-refractivity contribution in [1.82, 2.24) is 15.3 Å². The number of hydrogen-bond acceptors (Lipinski definition) is 2. The molecule has 1 heterocycles. The Balaban J connectivity index is 2.32. The summed E-state index contributed by atoms with van der Waals surface area (Å²) in [7, 11) is 0. The monoisotopic (exact) mass is 203 g/mol. The standard InChI is InChI=1S/C11H13N3O/c1-7(2)12-11(15)10-13-8-5-3-4-6-9(8)14-10/h3-7H,1-2H3,(H,12,15)(H,13,14). The third-order valence-electron chi connectivity index (χ3n) is 2.02. The van der Waals surface area contributed by atoms with Gasteiger partial charge in [0.1, 0.15) is 0 Å². The molecule has 0 aliphatic carbocycles. The van der Waals surface area contributed by atoms with Crippen LogP contribution in [0.5, 0.6) is 0 Å². The number of carbonyl (C=O) groups is 1. The van der Waals surface area contributed by atoms with E-state index in [0.29, 0.717) is 5.82 Å². The molecule has 0 bridgehead atoms. The van der Waals surface area contributed by atoms with E-state index >= 15 is 0 Å². The van der Waals surface area contributed by atoms with Crippen LogP contribution in [0.4, 0.5) is 0 Å². The van der Waals surface area contributed by atoms with Crippen molar-refractivity contribution in [2.75, 3.05) is 0 Å². The number of aromatic amines is 1. The van der Waals surface area contributed by atoms with E-state index in [-0.39, 0.29) is 11.9 Å². The Morgan fingerprint density at radius 2 is 2.13 bits per heavy atom. The molecule has 0 aliphatic rings. The van der Waals surface area contributed by atoms with Crippen LogP contribution in [0.15, 0.2) is 24.3 Å². The number of para-hydroxylation sites is 2. The zero-order chi connectivity index (χ0) is 10.8. The molecule has 2 rings (SSSR count). The molecule has 1 amide bonds. The molecule has 0 spiro atoms. The quantitative estimate of drug-likeness (QED) is 0.780. The van der Waals surface area contributed by atoms with Gasteiger partial charge in [-0.05, 0) is 26.0 Å². The van der Waals surface area contributed by atoms with E-state index < -0.39 is 0 Å². The first-order chi connectivity index (χ1) is 7.16. The lowest BCUT2D eigenvalue weighted by Gasteiger charge is -2.04. The lowest BCUT2D eigenvalue weighted by atomic mass is 10.3. The van der Waals surface area contributed by atoms with E-state index in [4.69, 9.17) is 0 Å². The van der Waals surface area contributed by atoms with E-state index in [9.17, 15) is 4.79 Å². The summed E-state index contributed by atoms with van der Waals surface area (Å²) in [5.41, 5.74) is 1.69. The maximum atomic E-state index is 11.6. The highest BCUT2D eigenvalue weighted by atomic mass is 16.2. The van der Waals surface area contributed by atoms with Crippen LogP contribution in [0.2, 0.25) is 0 Å². The van der Waals surface area contributed by atoms with Gasteiger partial charge in [-0.1, -0.05) is 12.1 Å². The predicted octanol–water partition coefficient (Wildman–Crippen LogP) is 1.70. The first kappa shape index (κ1) is 9.71. The second-order valence-corrected chi connectivity index (χ2v) is 3.73. The number of rotatable bonds is 2. The second kappa shape index (κ2) is 3.73. The fourth-order valence-electron chi connectivity index (χ4n) is 1.39. The molecule has 1 aromatic carbocycles. The van der Waals surface area contributed by atoms with Crippen molar-refractivity contribution in [3.63, 3.8) is 0 Å². The van der Waals surface area contributed by atoms with Gasteiger partial charge in [-0.2, -0.15) is 0 Å². The average molecular weight is 203 g/mol. The molecule has 0 saturated heterocycles. The minimum Gasteiger partial charge on any atom is -0.347 e. The normalized spacial score (nSPS) is 10.9. The third kappa shape index (κ3) is 1.98. The highest BCUT2D eigenvalue weighted by molar-refractivity contribution is 5.94. The number of aromatic nitrogens is 2. The molecule has 0 aliphatic heterocycles. The summed E-state index contributed by atoms with van der Waals surface area (Å²) in [6.07, 6.45) is 0. The maximum Gasteiger partial charge on any atom is 0.287 e. The molecule has 0 atom stereocenters. The van der Waals surface area contributed by atoms with Crippen LogP contribution >= 0.6 is 0 Å². The van der Waals surface area contributed by atoms with Crippen molar-refractivity contribution in [3.8, 4) is 0 Å². The van der Waals surface area contributed by atoms with E-state index in [1.807, 2.05) is 38.1 Å². The Hall–Kier alpha value is -1.84. The van der Waals surface area contributed by atoms with Crippen molar-refractivity contribution in [2.45, 2.75) is 19.9 Å². The summed E-state index contributed by atoms with van der Waals surface area (Å²) in [5.74, 6) is 0.200. The van der Waals surface area contributed by atoms with Gasteiger partial charge in [0.05, 0.1) is 11.0 Å². The predicted molar refractivity (Wildman–Crippen MR) is 58.7 cm³/mol. The van der Waals surface area contributed by atoms with Crippen molar-refractivity contribution in [2.24, 2.45) is 0 Å². The molecular weight excluding hydrogens is 190 g/mol. The zero-order valence-electron chi connectivity index (χ0n) is 8.74. The van der Waals surface area contributed by atoms with Crippen LogP contribution in [0, 0.1) is 0 Å². The summed E-state index contributed by atoms with van der Waals surface area (Å²) < 4.78 is 0. The smallest absolute Gasteiger partial charge is 0.287 e. The van der Waals surface area contributed by atoms with Crippen LogP contribution in [0.1, 0.15) is 24.5 Å². The van der Waals surface area contributed by atoms with Crippen LogP contribution in [-0.2, 0) is 0 Å². The van der Waals surface area contributed by atoms with Crippen molar-refractivity contribution in [3.05, 3.63) is 30.1 Å². The lowest BCUT2D eigenvalue weighted by molar-refractivity contribution is 0.0934. The molecule has 4 heteroatoms. The van der Waals surface area contributed by atoms with Gasteiger partial charge in [0.2, 0.25) is 0 Å². The lowest BCUT2D eigenvalue weighted by Crippen LogP contribution is -2.30. The minimum atomic E-state index is -0.166. The molecule has 0 radical (unpaired) electrons. The van der Waals surface area contributed by atoms with Crippen LogP contribution in [-0.4, -0.2) is 21.9 Å². The summed E-state index contributed by atoms with van der Waals surface area (Å²) in [4.78, 5) is 18.8. The summed E-state index contributed by atoms with van der Waals surface area (Å²) in [5, 5.41) is 2.79. The molecule has 15 heavy (non-hydrogen) atoms. The van der Waals surface area contributed by atoms with Gasteiger partial charge in [-0.25, -0.2) is 4.98 Å². The number of fused-ring (bicyclic) bond motifs is 1. The molecule has 78 valence electrons. The Kier molecular flexibility index (Phi) is 2.41. The Morgan fingerprint density at radius 1 is 1.40 bits per heavy atom. The summed E-state index contributed by atoms with van der Waals surface area (Å²) in [6, 6.07) is 7.69. The molecule has 1 aromatic heterocycles. The molecule has 4 nitrogen and oxygen atoms in total. The maximum absolute atomic E-state index is 11.6. The number of hydrogen-bond donors (Lipinski definition) is 2. The largest absolute Gasteiger partial charge is 0.347 e. The number of benzene rings is 1.